The maximum absolute atomic E-state index is 5.32. The molecule has 0 N–H and O–H groups in total. The van der Waals surface area contributed by atoms with Crippen LogP contribution >= 0.6 is 0 Å². The number of hydrogen-bond donors (Lipinski definition) is 0. The molecule has 0 fully saturated rings. The van der Waals surface area contributed by atoms with Gasteiger partial charge in [-0.1, -0.05) is 30.3 Å². The summed E-state index contributed by atoms with van der Waals surface area (Å²) in [5.74, 6) is 1.94. The Bertz CT molecular complexity index is 838. The Hall–Kier alpha value is -2.59. The molecule has 4 nitrogen and oxygen atoms in total. The number of methoxy groups -OCH3 is 1. The van der Waals surface area contributed by atoms with Crippen molar-refractivity contribution in [1.82, 2.24) is 14.5 Å². The van der Waals surface area contributed by atoms with E-state index >= 15 is 0 Å². The number of fused-ring (bicyclic) bond motifs is 1. The van der Waals surface area contributed by atoms with E-state index in [0.29, 0.717) is 0 Å². The Labute approximate surface area is 143 Å². The van der Waals surface area contributed by atoms with Crippen molar-refractivity contribution in [1.29, 1.82) is 0 Å². The van der Waals surface area contributed by atoms with Gasteiger partial charge in [-0.05, 0) is 29.8 Å². The van der Waals surface area contributed by atoms with E-state index in [1.54, 1.807) is 7.11 Å². The van der Waals surface area contributed by atoms with Crippen molar-refractivity contribution >= 4 is 11.0 Å². The molecule has 3 aromatic rings. The van der Waals surface area contributed by atoms with Gasteiger partial charge in [-0.2, -0.15) is 0 Å². The lowest BCUT2D eigenvalue weighted by Gasteiger charge is -2.20. The van der Waals surface area contributed by atoms with Crippen LogP contribution < -0.4 is 4.74 Å². The molecule has 1 heterocycles. The summed E-state index contributed by atoms with van der Waals surface area (Å²) in [4.78, 5) is 7.09. The quantitative estimate of drug-likeness (QED) is 0.621. The lowest BCUT2D eigenvalue weighted by Crippen LogP contribution is -2.24. The fourth-order valence-electron chi connectivity index (χ4n) is 2.93. The molecule has 0 unspecified atom stereocenters. The molecule has 4 heteroatoms. The number of imidazole rings is 1. The topological polar surface area (TPSA) is 30.3 Å². The standard InChI is InChI=1S/C20H23N3O/c1-4-12-23(14-16-8-7-9-17(13-16)24-3)15-20-21-18-10-5-6-11-19(18)22(20)2/h4-11,13H,1,12,14-15H2,2-3H3. The minimum Gasteiger partial charge on any atom is -0.497 e. The molecule has 0 aliphatic carbocycles. The molecule has 0 radical (unpaired) electrons. The van der Waals surface area contributed by atoms with Gasteiger partial charge in [0.05, 0.1) is 24.7 Å². The third-order valence-electron chi connectivity index (χ3n) is 4.17. The maximum Gasteiger partial charge on any atom is 0.123 e. The second-order valence-corrected chi connectivity index (χ2v) is 5.89. The number of rotatable bonds is 7. The summed E-state index contributed by atoms with van der Waals surface area (Å²) in [6, 6.07) is 16.4. The van der Waals surface area contributed by atoms with Gasteiger partial charge in [0.2, 0.25) is 0 Å². The number of hydrogen-bond acceptors (Lipinski definition) is 3. The van der Waals surface area contributed by atoms with Crippen molar-refractivity contribution in [3.8, 4) is 5.75 Å². The van der Waals surface area contributed by atoms with Gasteiger partial charge in [-0.15, -0.1) is 6.58 Å². The number of aromatic nitrogens is 2. The molecular weight excluding hydrogens is 298 g/mol. The maximum atomic E-state index is 5.32. The van der Waals surface area contributed by atoms with Crippen LogP contribution in [0.4, 0.5) is 0 Å². The Morgan fingerprint density at radius 1 is 1.17 bits per heavy atom. The lowest BCUT2D eigenvalue weighted by molar-refractivity contribution is 0.276. The molecule has 1 aromatic heterocycles. The molecule has 124 valence electrons. The molecule has 0 bridgehead atoms. The zero-order valence-corrected chi connectivity index (χ0v) is 14.3. The molecule has 24 heavy (non-hydrogen) atoms. The van der Waals surface area contributed by atoms with E-state index in [4.69, 9.17) is 9.72 Å². The molecule has 0 spiro atoms. The van der Waals surface area contributed by atoms with E-state index in [2.05, 4.69) is 47.4 Å². The normalized spacial score (nSPS) is 11.1. The highest BCUT2D eigenvalue weighted by molar-refractivity contribution is 5.75. The van der Waals surface area contributed by atoms with E-state index in [-0.39, 0.29) is 0 Å². The highest BCUT2D eigenvalue weighted by Gasteiger charge is 2.12. The smallest absolute Gasteiger partial charge is 0.123 e. The van der Waals surface area contributed by atoms with E-state index in [1.807, 2.05) is 30.3 Å². The summed E-state index contributed by atoms with van der Waals surface area (Å²) >= 11 is 0. The van der Waals surface area contributed by atoms with Crippen LogP contribution in [0.1, 0.15) is 11.4 Å². The Balaban J connectivity index is 1.82. The highest BCUT2D eigenvalue weighted by atomic mass is 16.5. The van der Waals surface area contributed by atoms with Crippen LogP contribution in [-0.4, -0.2) is 28.1 Å². The van der Waals surface area contributed by atoms with Crippen LogP contribution in [0.15, 0.2) is 61.2 Å². The number of ether oxygens (including phenoxy) is 1. The first-order valence-electron chi connectivity index (χ1n) is 8.08. The van der Waals surface area contributed by atoms with Crippen LogP contribution in [0, 0.1) is 0 Å². The predicted molar refractivity (Wildman–Crippen MR) is 98.0 cm³/mol. The van der Waals surface area contributed by atoms with E-state index in [0.717, 1.165) is 42.2 Å². The average molecular weight is 321 g/mol. The molecule has 2 aromatic carbocycles. The van der Waals surface area contributed by atoms with Crippen LogP contribution in [0.3, 0.4) is 0 Å². The number of benzene rings is 2. The summed E-state index contributed by atoms with van der Waals surface area (Å²) in [6.07, 6.45) is 1.93. The SMILES string of the molecule is C=CCN(Cc1cccc(OC)c1)Cc1nc2ccccc2n1C. The van der Waals surface area contributed by atoms with Crippen LogP contribution in [-0.2, 0) is 20.1 Å². The minimum absolute atomic E-state index is 0.772. The van der Waals surface area contributed by atoms with Gasteiger partial charge < -0.3 is 9.30 Å². The second kappa shape index (κ2) is 7.32. The van der Waals surface area contributed by atoms with Gasteiger partial charge in [0.1, 0.15) is 11.6 Å². The van der Waals surface area contributed by atoms with E-state index in [9.17, 15) is 0 Å². The first-order chi connectivity index (χ1) is 11.7. The van der Waals surface area contributed by atoms with Crippen LogP contribution in [0.25, 0.3) is 11.0 Å². The molecule has 0 saturated heterocycles. The Morgan fingerprint density at radius 3 is 2.75 bits per heavy atom. The molecule has 0 amide bonds. The van der Waals surface area contributed by atoms with E-state index < -0.39 is 0 Å². The Kier molecular flexibility index (Phi) is 4.96. The number of para-hydroxylation sites is 2. The molecule has 0 aliphatic rings. The largest absolute Gasteiger partial charge is 0.497 e. The second-order valence-electron chi connectivity index (χ2n) is 5.89. The zero-order chi connectivity index (χ0) is 16.9. The monoisotopic (exact) mass is 321 g/mol. The fraction of sp³-hybridized carbons (Fsp3) is 0.250. The van der Waals surface area contributed by atoms with Crippen molar-refractivity contribution < 1.29 is 4.74 Å². The van der Waals surface area contributed by atoms with Gasteiger partial charge in [-0.3, -0.25) is 4.90 Å². The van der Waals surface area contributed by atoms with Gasteiger partial charge in [-0.25, -0.2) is 4.98 Å². The fourth-order valence-corrected chi connectivity index (χ4v) is 2.93. The summed E-state index contributed by atoms with van der Waals surface area (Å²) in [5, 5.41) is 0. The first-order valence-corrected chi connectivity index (χ1v) is 8.08. The van der Waals surface area contributed by atoms with Crippen molar-refractivity contribution in [2.24, 2.45) is 7.05 Å². The van der Waals surface area contributed by atoms with Gasteiger partial charge in [0.15, 0.2) is 0 Å². The van der Waals surface area contributed by atoms with Gasteiger partial charge >= 0.3 is 0 Å². The van der Waals surface area contributed by atoms with Crippen LogP contribution in [0.5, 0.6) is 5.75 Å². The molecule has 3 rings (SSSR count). The molecule has 0 atom stereocenters. The summed E-state index contributed by atoms with van der Waals surface area (Å²) in [7, 11) is 3.77. The average Bonchev–Trinajstić information content (AvgIpc) is 2.91. The van der Waals surface area contributed by atoms with Gasteiger partial charge in [0, 0.05) is 20.1 Å². The Morgan fingerprint density at radius 2 is 2.00 bits per heavy atom. The third-order valence-corrected chi connectivity index (χ3v) is 4.17. The first kappa shape index (κ1) is 16.3. The van der Waals surface area contributed by atoms with Gasteiger partial charge in [0.25, 0.3) is 0 Å². The number of aryl methyl sites for hydroxylation is 1. The molecule has 0 saturated carbocycles. The summed E-state index contributed by atoms with van der Waals surface area (Å²) in [6.45, 7) is 6.29. The van der Waals surface area contributed by atoms with Crippen LogP contribution in [0.2, 0.25) is 0 Å². The lowest BCUT2D eigenvalue weighted by atomic mass is 10.2. The molecular formula is C20H23N3O. The van der Waals surface area contributed by atoms with Crippen molar-refractivity contribution in [3.63, 3.8) is 0 Å². The van der Waals surface area contributed by atoms with Crippen molar-refractivity contribution in [2.75, 3.05) is 13.7 Å². The molecule has 0 aliphatic heterocycles. The number of nitrogens with zero attached hydrogens (tertiary/aromatic N) is 3. The third kappa shape index (κ3) is 3.49. The minimum atomic E-state index is 0.772. The van der Waals surface area contributed by atoms with Crippen molar-refractivity contribution in [2.45, 2.75) is 13.1 Å². The predicted octanol–water partition coefficient (Wildman–Crippen LogP) is 3.77. The zero-order valence-electron chi connectivity index (χ0n) is 14.3. The summed E-state index contributed by atoms with van der Waals surface area (Å²) < 4.78 is 7.48. The summed E-state index contributed by atoms with van der Waals surface area (Å²) in [5.41, 5.74) is 3.41. The van der Waals surface area contributed by atoms with E-state index in [1.165, 1.54) is 5.56 Å². The van der Waals surface area contributed by atoms with Crippen molar-refractivity contribution in [3.05, 3.63) is 72.6 Å². The highest BCUT2D eigenvalue weighted by Crippen LogP contribution is 2.18.